The fraction of sp³-hybridized carbons (Fsp3) is 0.636. The number of ether oxygens (including phenoxy) is 1. The maximum Gasteiger partial charge on any atom is 0.305 e. The summed E-state index contributed by atoms with van der Waals surface area (Å²) in [4.78, 5) is 11.0. The van der Waals surface area contributed by atoms with Gasteiger partial charge in [-0.2, -0.15) is 0 Å². The molecule has 1 rings (SSSR count). The van der Waals surface area contributed by atoms with Gasteiger partial charge in [0.15, 0.2) is 0 Å². The number of carbonyl (C=O) groups excluding carboxylic acids is 1. The molecule has 0 spiro atoms. The Bertz CT molecular complexity index is 337. The van der Waals surface area contributed by atoms with Crippen LogP contribution in [0.5, 0.6) is 0 Å². The van der Waals surface area contributed by atoms with Gasteiger partial charge in [0.1, 0.15) is 11.9 Å². The van der Waals surface area contributed by atoms with Crippen LogP contribution in [0.25, 0.3) is 0 Å². The molecule has 1 heterocycles. The van der Waals surface area contributed by atoms with Crippen LogP contribution >= 0.6 is 0 Å². The number of hydrogen-bond donors (Lipinski definition) is 0. The summed E-state index contributed by atoms with van der Waals surface area (Å²) in [7, 11) is 3.42. The standard InChI is InChI=1S/C11H19N2O2.HI/c1-4-7-13-8-10(12(2)9-13)5-6-11(14)15-3;/h8-9H,4-7H2,1-3H3;1H/q+1;/p-1. The van der Waals surface area contributed by atoms with Crippen molar-refractivity contribution in [2.75, 3.05) is 7.11 Å². The molecule has 1 aromatic heterocycles. The summed E-state index contributed by atoms with van der Waals surface area (Å²) in [6, 6.07) is 0. The summed E-state index contributed by atoms with van der Waals surface area (Å²) < 4.78 is 8.81. The zero-order valence-electron chi connectivity index (χ0n) is 10.1. The first kappa shape index (κ1) is 15.4. The van der Waals surface area contributed by atoms with Crippen molar-refractivity contribution in [1.82, 2.24) is 4.57 Å². The molecule has 0 radical (unpaired) electrons. The lowest BCUT2D eigenvalue weighted by Crippen LogP contribution is -3.00. The maximum atomic E-state index is 11.0. The van der Waals surface area contributed by atoms with Crippen molar-refractivity contribution in [3.05, 3.63) is 18.2 Å². The molecular weight excluding hydrogens is 319 g/mol. The molecule has 4 nitrogen and oxygen atoms in total. The summed E-state index contributed by atoms with van der Waals surface area (Å²) in [5.41, 5.74) is 1.16. The van der Waals surface area contributed by atoms with E-state index in [1.807, 2.05) is 7.05 Å². The lowest BCUT2D eigenvalue weighted by molar-refractivity contribution is -0.696. The van der Waals surface area contributed by atoms with Crippen molar-refractivity contribution in [1.29, 1.82) is 0 Å². The zero-order valence-corrected chi connectivity index (χ0v) is 12.2. The molecule has 5 heteroatoms. The highest BCUT2D eigenvalue weighted by Gasteiger charge is 2.11. The van der Waals surface area contributed by atoms with E-state index in [4.69, 9.17) is 0 Å². The van der Waals surface area contributed by atoms with Crippen LogP contribution in [0.15, 0.2) is 12.5 Å². The van der Waals surface area contributed by atoms with Gasteiger partial charge in [-0.15, -0.1) is 0 Å². The fourth-order valence-electron chi connectivity index (χ4n) is 1.57. The van der Waals surface area contributed by atoms with E-state index in [0.717, 1.165) is 25.1 Å². The van der Waals surface area contributed by atoms with Crippen LogP contribution in [0.2, 0.25) is 0 Å². The quantitative estimate of drug-likeness (QED) is 0.348. The van der Waals surface area contributed by atoms with Crippen molar-refractivity contribution < 1.29 is 38.1 Å². The number of esters is 1. The number of nitrogens with zero attached hydrogens (tertiary/aromatic N) is 2. The van der Waals surface area contributed by atoms with Crippen molar-refractivity contribution in [3.63, 3.8) is 0 Å². The van der Waals surface area contributed by atoms with Crippen LogP contribution in [0.1, 0.15) is 25.5 Å². The molecule has 0 unspecified atom stereocenters. The summed E-state index contributed by atoms with van der Waals surface area (Å²) in [5, 5.41) is 0. The third-order valence-electron chi connectivity index (χ3n) is 2.38. The topological polar surface area (TPSA) is 35.1 Å². The number of rotatable bonds is 5. The number of hydrogen-bond acceptors (Lipinski definition) is 2. The van der Waals surface area contributed by atoms with E-state index in [2.05, 4.69) is 33.3 Å². The Kier molecular flexibility index (Phi) is 7.36. The van der Waals surface area contributed by atoms with Crippen LogP contribution in [-0.2, 0) is 29.5 Å². The molecule has 0 atom stereocenters. The molecule has 0 aromatic carbocycles. The minimum Gasteiger partial charge on any atom is -1.00 e. The Hall–Kier alpha value is -0.590. The van der Waals surface area contributed by atoms with Gasteiger partial charge in [0.25, 0.3) is 0 Å². The molecule has 0 saturated heterocycles. The Morgan fingerprint density at radius 3 is 2.81 bits per heavy atom. The van der Waals surface area contributed by atoms with Gasteiger partial charge in [-0.3, -0.25) is 4.79 Å². The molecule has 1 aromatic rings. The molecule has 0 amide bonds. The highest BCUT2D eigenvalue weighted by Crippen LogP contribution is 2.01. The largest absolute Gasteiger partial charge is 1.00 e. The normalized spacial score (nSPS) is 9.69. The van der Waals surface area contributed by atoms with E-state index in [-0.39, 0.29) is 29.9 Å². The Labute approximate surface area is 114 Å². The summed E-state index contributed by atoms with van der Waals surface area (Å²) in [6.45, 7) is 3.17. The smallest absolute Gasteiger partial charge is 0.305 e. The highest BCUT2D eigenvalue weighted by molar-refractivity contribution is 5.69. The predicted molar refractivity (Wildman–Crippen MR) is 56.2 cm³/mol. The molecule has 0 aliphatic carbocycles. The molecule has 0 fully saturated rings. The molecule has 16 heavy (non-hydrogen) atoms. The van der Waals surface area contributed by atoms with Crippen LogP contribution in [-0.4, -0.2) is 17.6 Å². The van der Waals surface area contributed by atoms with Gasteiger partial charge in [0.2, 0.25) is 6.33 Å². The number of imidazole rings is 1. The Morgan fingerprint density at radius 2 is 2.25 bits per heavy atom. The van der Waals surface area contributed by atoms with E-state index in [1.165, 1.54) is 7.11 Å². The number of aryl methyl sites for hydroxylation is 3. The van der Waals surface area contributed by atoms with Crippen LogP contribution in [0.3, 0.4) is 0 Å². The Balaban J connectivity index is 0.00000225. The van der Waals surface area contributed by atoms with Crippen molar-refractivity contribution in [2.24, 2.45) is 7.05 Å². The van der Waals surface area contributed by atoms with Gasteiger partial charge >= 0.3 is 5.97 Å². The number of methoxy groups -OCH3 is 1. The van der Waals surface area contributed by atoms with Crippen molar-refractivity contribution in [3.8, 4) is 0 Å². The average molecular weight is 338 g/mol. The SMILES string of the molecule is CCC[n+]1cc(CCC(=O)OC)n(C)c1.[I-]. The minimum atomic E-state index is -0.154. The van der Waals surface area contributed by atoms with Gasteiger partial charge in [-0.05, 0) is 6.42 Å². The molecular formula is C11H19IN2O2. The summed E-state index contributed by atoms with van der Waals surface area (Å²) in [6.07, 6.45) is 6.44. The number of aromatic nitrogens is 2. The first-order valence-corrected chi connectivity index (χ1v) is 5.28. The zero-order chi connectivity index (χ0) is 11.3. The lowest BCUT2D eigenvalue weighted by atomic mass is 10.2. The second-order valence-electron chi connectivity index (χ2n) is 3.66. The molecule has 92 valence electrons. The average Bonchev–Trinajstić information content (AvgIpc) is 2.56. The molecule has 0 aliphatic heterocycles. The summed E-state index contributed by atoms with van der Waals surface area (Å²) in [5.74, 6) is -0.154. The van der Waals surface area contributed by atoms with Crippen LogP contribution in [0.4, 0.5) is 0 Å². The van der Waals surface area contributed by atoms with Gasteiger partial charge in [0.05, 0.1) is 27.1 Å². The van der Waals surface area contributed by atoms with Gasteiger partial charge < -0.3 is 28.7 Å². The fourth-order valence-corrected chi connectivity index (χ4v) is 1.57. The predicted octanol–water partition coefficient (Wildman–Crippen LogP) is -2.17. The van der Waals surface area contributed by atoms with Gasteiger partial charge in [-0.25, -0.2) is 9.13 Å². The number of carbonyl (C=O) groups is 1. The second kappa shape index (κ2) is 7.65. The van der Waals surface area contributed by atoms with Gasteiger partial charge in [-0.1, -0.05) is 6.92 Å². The third kappa shape index (κ3) is 4.51. The van der Waals surface area contributed by atoms with E-state index < -0.39 is 0 Å². The molecule has 0 N–H and O–H groups in total. The van der Waals surface area contributed by atoms with Crippen LogP contribution < -0.4 is 28.5 Å². The van der Waals surface area contributed by atoms with Crippen molar-refractivity contribution in [2.45, 2.75) is 32.7 Å². The monoisotopic (exact) mass is 338 g/mol. The second-order valence-corrected chi connectivity index (χ2v) is 3.66. The maximum absolute atomic E-state index is 11.0. The first-order chi connectivity index (χ1) is 7.17. The number of halogens is 1. The third-order valence-corrected chi connectivity index (χ3v) is 2.38. The summed E-state index contributed by atoms with van der Waals surface area (Å²) >= 11 is 0. The lowest BCUT2D eigenvalue weighted by Gasteiger charge is -1.96. The minimum absolute atomic E-state index is 0. The van der Waals surface area contributed by atoms with E-state index >= 15 is 0 Å². The van der Waals surface area contributed by atoms with Crippen molar-refractivity contribution >= 4 is 5.97 Å². The van der Waals surface area contributed by atoms with E-state index in [9.17, 15) is 4.79 Å². The van der Waals surface area contributed by atoms with E-state index in [1.54, 1.807) is 0 Å². The Morgan fingerprint density at radius 1 is 1.56 bits per heavy atom. The molecule has 0 aliphatic rings. The first-order valence-electron chi connectivity index (χ1n) is 5.28. The molecule has 0 bridgehead atoms. The van der Waals surface area contributed by atoms with Gasteiger partial charge in [0, 0.05) is 6.42 Å². The highest BCUT2D eigenvalue weighted by atomic mass is 127. The molecule has 0 saturated carbocycles. The van der Waals surface area contributed by atoms with E-state index in [0.29, 0.717) is 6.42 Å². The van der Waals surface area contributed by atoms with Crippen LogP contribution in [0, 0.1) is 0 Å².